The standard InChI is InChI=1S/C24H44N7O5P/c1-15(2)9-20(10-16(3)4)29-36-37(33,30-19(8)24(32)35-17(5)6)14-34-18(7)11-31-13-28-21-22(25)26-12-27-23(21)31/h12,15-19,28H,9-11,13-14H2,1-8H3,(H,30,33)(H2,25,26,27)/t18-,19+,37?/m1/s1. The summed E-state index contributed by atoms with van der Waals surface area (Å²) in [6.07, 6.45) is 1.90. The van der Waals surface area contributed by atoms with Crippen molar-refractivity contribution in [3.63, 3.8) is 0 Å². The van der Waals surface area contributed by atoms with Crippen LogP contribution in [0.5, 0.6) is 0 Å². The van der Waals surface area contributed by atoms with Crippen LogP contribution in [-0.2, 0) is 23.5 Å². The van der Waals surface area contributed by atoms with E-state index in [0.717, 1.165) is 5.71 Å². The topological polar surface area (TPSA) is 153 Å². The molecule has 0 saturated carbocycles. The van der Waals surface area contributed by atoms with Crippen molar-refractivity contribution in [2.24, 2.45) is 17.0 Å². The summed E-state index contributed by atoms with van der Waals surface area (Å²) in [5.74, 6) is 1.25. The number of nitrogens with zero attached hydrogens (tertiary/aromatic N) is 4. The number of oxime groups is 1. The van der Waals surface area contributed by atoms with Gasteiger partial charge in [-0.05, 0) is 52.4 Å². The zero-order valence-corrected chi connectivity index (χ0v) is 24.2. The minimum Gasteiger partial charge on any atom is -0.462 e. The molecule has 37 heavy (non-hydrogen) atoms. The Labute approximate surface area is 220 Å². The van der Waals surface area contributed by atoms with E-state index in [-0.39, 0.29) is 18.6 Å². The van der Waals surface area contributed by atoms with Crippen molar-refractivity contribution in [1.29, 1.82) is 0 Å². The van der Waals surface area contributed by atoms with E-state index >= 15 is 0 Å². The number of anilines is 3. The van der Waals surface area contributed by atoms with E-state index in [1.54, 1.807) is 20.8 Å². The SMILES string of the molecule is CC(C)CC(CC(C)C)=NOP(=O)(CO[C@H](C)CN1CNc2c(N)ncnc21)N[C@@H](C)C(=O)OC(C)C. The zero-order valence-electron chi connectivity index (χ0n) is 23.4. The van der Waals surface area contributed by atoms with Crippen LogP contribution in [-0.4, -0.2) is 59.5 Å². The molecule has 0 saturated heterocycles. The monoisotopic (exact) mass is 541 g/mol. The summed E-state index contributed by atoms with van der Waals surface area (Å²) >= 11 is 0. The molecule has 0 spiro atoms. The molecule has 2 heterocycles. The number of nitrogen functional groups attached to an aromatic ring is 1. The number of carbonyl (C=O) groups excluding carboxylic acids is 1. The largest absolute Gasteiger partial charge is 0.462 e. The van der Waals surface area contributed by atoms with Crippen molar-refractivity contribution < 1.29 is 23.5 Å². The molecule has 0 aliphatic carbocycles. The predicted molar refractivity (Wildman–Crippen MR) is 147 cm³/mol. The van der Waals surface area contributed by atoms with E-state index in [4.69, 9.17) is 19.8 Å². The minimum absolute atomic E-state index is 0.284. The van der Waals surface area contributed by atoms with E-state index in [0.29, 0.717) is 55.2 Å². The lowest BCUT2D eigenvalue weighted by molar-refractivity contribution is -0.149. The molecule has 4 N–H and O–H groups in total. The number of carbonyl (C=O) groups is 1. The Morgan fingerprint density at radius 2 is 1.81 bits per heavy atom. The fourth-order valence-electron chi connectivity index (χ4n) is 3.78. The molecular formula is C24H44N7O5P. The zero-order chi connectivity index (χ0) is 27.8. The summed E-state index contributed by atoms with van der Waals surface area (Å²) in [5, 5.41) is 10.2. The minimum atomic E-state index is -3.73. The highest BCUT2D eigenvalue weighted by atomic mass is 31.2. The number of nitrogens with two attached hydrogens (primary N) is 1. The molecule has 0 amide bonds. The van der Waals surface area contributed by atoms with Gasteiger partial charge in [-0.25, -0.2) is 15.1 Å². The van der Waals surface area contributed by atoms with Gasteiger partial charge in [-0.15, -0.1) is 0 Å². The van der Waals surface area contributed by atoms with Crippen molar-refractivity contribution in [3.8, 4) is 0 Å². The lowest BCUT2D eigenvalue weighted by Gasteiger charge is -2.25. The fraction of sp³-hybridized carbons (Fsp3) is 0.750. The fourth-order valence-corrected chi connectivity index (χ4v) is 5.34. The second-order valence-corrected chi connectivity index (χ2v) is 12.6. The molecule has 1 aliphatic rings. The maximum atomic E-state index is 13.8. The quantitative estimate of drug-likeness (QED) is 0.127. The van der Waals surface area contributed by atoms with E-state index < -0.39 is 19.5 Å². The first kappa shape index (κ1) is 30.8. The molecular weight excluding hydrogens is 497 g/mol. The van der Waals surface area contributed by atoms with Gasteiger partial charge in [-0.2, -0.15) is 0 Å². The van der Waals surface area contributed by atoms with Gasteiger partial charge in [0.25, 0.3) is 0 Å². The first-order chi connectivity index (χ1) is 17.3. The van der Waals surface area contributed by atoms with Crippen LogP contribution in [0.25, 0.3) is 0 Å². The van der Waals surface area contributed by atoms with Gasteiger partial charge in [0.1, 0.15) is 24.4 Å². The molecule has 1 aromatic heterocycles. The number of fused-ring (bicyclic) bond motifs is 1. The lowest BCUT2D eigenvalue weighted by atomic mass is 9.99. The third kappa shape index (κ3) is 10.1. The molecule has 2 rings (SSSR count). The van der Waals surface area contributed by atoms with Crippen molar-refractivity contribution in [2.75, 3.05) is 35.5 Å². The molecule has 0 aromatic carbocycles. The van der Waals surface area contributed by atoms with Gasteiger partial charge in [-0.1, -0.05) is 32.9 Å². The molecule has 1 aliphatic heterocycles. The van der Waals surface area contributed by atoms with Gasteiger partial charge in [0, 0.05) is 6.54 Å². The first-order valence-corrected chi connectivity index (χ1v) is 14.6. The van der Waals surface area contributed by atoms with E-state index in [1.807, 2.05) is 11.8 Å². The maximum Gasteiger partial charge on any atom is 0.364 e. The normalized spacial score (nSPS) is 16.2. The van der Waals surface area contributed by atoms with Crippen LogP contribution in [0.4, 0.5) is 17.3 Å². The maximum absolute atomic E-state index is 13.8. The molecule has 1 aromatic rings. The van der Waals surface area contributed by atoms with Crippen LogP contribution in [0.15, 0.2) is 11.5 Å². The molecule has 0 bridgehead atoms. The number of esters is 1. The number of rotatable bonds is 15. The highest BCUT2D eigenvalue weighted by Crippen LogP contribution is 2.44. The smallest absolute Gasteiger partial charge is 0.364 e. The van der Waals surface area contributed by atoms with E-state index in [1.165, 1.54) is 6.33 Å². The van der Waals surface area contributed by atoms with Gasteiger partial charge in [-0.3, -0.25) is 9.36 Å². The average Bonchev–Trinajstić information content (AvgIpc) is 3.19. The molecule has 12 nitrogen and oxygen atoms in total. The number of aromatic nitrogens is 2. The van der Waals surface area contributed by atoms with Crippen LogP contribution >= 0.6 is 7.52 Å². The summed E-state index contributed by atoms with van der Waals surface area (Å²) in [5.41, 5.74) is 7.41. The molecule has 1 unspecified atom stereocenters. The van der Waals surface area contributed by atoms with Gasteiger partial charge < -0.3 is 30.0 Å². The third-order valence-corrected chi connectivity index (χ3v) is 6.91. The van der Waals surface area contributed by atoms with Crippen molar-refractivity contribution in [2.45, 2.75) is 86.5 Å². The first-order valence-electron chi connectivity index (χ1n) is 12.8. The van der Waals surface area contributed by atoms with Gasteiger partial charge in [0.05, 0.1) is 24.6 Å². The Bertz CT molecular complexity index is 961. The summed E-state index contributed by atoms with van der Waals surface area (Å²) < 4.78 is 30.7. The molecule has 210 valence electrons. The van der Waals surface area contributed by atoms with Crippen molar-refractivity contribution in [3.05, 3.63) is 6.33 Å². The van der Waals surface area contributed by atoms with E-state index in [2.05, 4.69) is 53.2 Å². The highest BCUT2D eigenvalue weighted by Gasteiger charge is 2.33. The Kier molecular flexibility index (Phi) is 11.6. The second kappa shape index (κ2) is 13.9. The Balaban J connectivity index is 2.13. The second-order valence-electron chi connectivity index (χ2n) is 10.6. The number of hydrogen-bond donors (Lipinski definition) is 3. The van der Waals surface area contributed by atoms with Gasteiger partial charge in [0.2, 0.25) is 0 Å². The third-order valence-electron chi connectivity index (χ3n) is 5.29. The predicted octanol–water partition coefficient (Wildman–Crippen LogP) is 4.20. The lowest BCUT2D eigenvalue weighted by Crippen LogP contribution is -2.37. The van der Waals surface area contributed by atoms with Crippen LogP contribution in [0, 0.1) is 11.8 Å². The number of nitrogens with one attached hydrogen (secondary N) is 2. The van der Waals surface area contributed by atoms with Gasteiger partial charge in [0.15, 0.2) is 11.6 Å². The van der Waals surface area contributed by atoms with Crippen LogP contribution < -0.4 is 21.0 Å². The van der Waals surface area contributed by atoms with Crippen LogP contribution in [0.1, 0.15) is 68.2 Å². The summed E-state index contributed by atoms with van der Waals surface area (Å²) in [6, 6.07) is -0.879. The van der Waals surface area contributed by atoms with Gasteiger partial charge >= 0.3 is 13.5 Å². The molecule has 0 radical (unpaired) electrons. The number of hydrogen-bond acceptors (Lipinski definition) is 11. The summed E-state index contributed by atoms with van der Waals surface area (Å²) in [4.78, 5) is 22.7. The van der Waals surface area contributed by atoms with Crippen LogP contribution in [0.3, 0.4) is 0 Å². The summed E-state index contributed by atoms with van der Waals surface area (Å²) in [7, 11) is -3.73. The van der Waals surface area contributed by atoms with Crippen molar-refractivity contribution >= 4 is 36.5 Å². The number of ether oxygens (including phenoxy) is 2. The summed E-state index contributed by atoms with van der Waals surface area (Å²) in [6.45, 7) is 16.2. The Morgan fingerprint density at radius 1 is 1.16 bits per heavy atom. The molecule has 13 heteroatoms. The average molecular weight is 542 g/mol. The molecule has 3 atom stereocenters. The Morgan fingerprint density at radius 3 is 2.41 bits per heavy atom. The Hall–Kier alpha value is -2.43. The van der Waals surface area contributed by atoms with E-state index in [9.17, 15) is 9.36 Å². The highest BCUT2D eigenvalue weighted by molar-refractivity contribution is 7.56. The molecule has 0 fully saturated rings. The van der Waals surface area contributed by atoms with Crippen molar-refractivity contribution in [1.82, 2.24) is 15.1 Å². The van der Waals surface area contributed by atoms with Crippen LogP contribution in [0.2, 0.25) is 0 Å².